The van der Waals surface area contributed by atoms with Gasteiger partial charge in [0.05, 0.1) is 11.7 Å². The molecule has 3 heteroatoms. The molecule has 0 amide bonds. The third kappa shape index (κ3) is 4.11. The molecule has 0 spiro atoms. The van der Waals surface area contributed by atoms with E-state index < -0.39 is 0 Å². The first-order valence-corrected chi connectivity index (χ1v) is 8.12. The Morgan fingerprint density at radius 1 is 1.17 bits per heavy atom. The van der Waals surface area contributed by atoms with Gasteiger partial charge in [-0.2, -0.15) is 0 Å². The Bertz CT molecular complexity index is 251. The van der Waals surface area contributed by atoms with Gasteiger partial charge in [-0.15, -0.1) is 11.6 Å². The van der Waals surface area contributed by atoms with Crippen molar-refractivity contribution >= 4 is 11.6 Å². The maximum Gasteiger partial charge on any atom is 0.0710 e. The number of hydrogen-bond acceptors (Lipinski definition) is 2. The molecule has 2 aliphatic rings. The van der Waals surface area contributed by atoms with Crippen LogP contribution in [0.25, 0.3) is 0 Å². The van der Waals surface area contributed by atoms with Gasteiger partial charge in [0.2, 0.25) is 0 Å². The van der Waals surface area contributed by atoms with Crippen molar-refractivity contribution in [2.75, 3.05) is 19.0 Å². The van der Waals surface area contributed by atoms with Gasteiger partial charge in [0.15, 0.2) is 0 Å². The third-order valence-electron chi connectivity index (χ3n) is 4.46. The Labute approximate surface area is 117 Å². The topological polar surface area (TPSA) is 12.5 Å². The summed E-state index contributed by atoms with van der Waals surface area (Å²) in [5.74, 6) is 0.743. The smallest absolute Gasteiger partial charge is 0.0710 e. The summed E-state index contributed by atoms with van der Waals surface area (Å²) in [6, 6.07) is 0.754. The lowest BCUT2D eigenvalue weighted by Crippen LogP contribution is -2.43. The molecule has 2 fully saturated rings. The number of ether oxygens (including phenoxy) is 1. The van der Waals surface area contributed by atoms with Crippen LogP contribution in [-0.2, 0) is 4.74 Å². The van der Waals surface area contributed by atoms with Crippen molar-refractivity contribution in [3.63, 3.8) is 0 Å². The van der Waals surface area contributed by atoms with Gasteiger partial charge in [-0.3, -0.25) is 4.90 Å². The average Bonchev–Trinajstić information content (AvgIpc) is 2.69. The summed E-state index contributed by atoms with van der Waals surface area (Å²) >= 11 is 5.97. The van der Waals surface area contributed by atoms with E-state index in [4.69, 9.17) is 16.3 Å². The number of hydrogen-bond donors (Lipinski definition) is 0. The van der Waals surface area contributed by atoms with Crippen molar-refractivity contribution in [1.82, 2.24) is 4.90 Å². The predicted octanol–water partition coefficient (Wildman–Crippen LogP) is 3.82. The van der Waals surface area contributed by atoms with Crippen molar-refractivity contribution < 1.29 is 4.74 Å². The van der Waals surface area contributed by atoms with Gasteiger partial charge in [0.1, 0.15) is 0 Å². The van der Waals surface area contributed by atoms with Crippen LogP contribution in [0.15, 0.2) is 0 Å². The standard InChI is InChI=1S/C15H28ClNO/c1-15(2)9-8-14(18-15)12-17(11-10-16)13-6-4-3-5-7-13/h13-14H,3-12H2,1-2H3. The van der Waals surface area contributed by atoms with Crippen LogP contribution in [0.2, 0.25) is 0 Å². The molecule has 0 bridgehead atoms. The predicted molar refractivity (Wildman–Crippen MR) is 77.4 cm³/mol. The van der Waals surface area contributed by atoms with E-state index in [2.05, 4.69) is 18.7 Å². The molecule has 1 atom stereocenters. The summed E-state index contributed by atoms with van der Waals surface area (Å²) in [4.78, 5) is 2.60. The van der Waals surface area contributed by atoms with Crippen LogP contribution < -0.4 is 0 Å². The van der Waals surface area contributed by atoms with Crippen molar-refractivity contribution in [3.05, 3.63) is 0 Å². The molecule has 1 aliphatic carbocycles. The molecule has 1 aliphatic heterocycles. The second-order valence-electron chi connectivity index (χ2n) is 6.51. The SMILES string of the molecule is CC1(C)CCC(CN(CCCl)C2CCCCC2)O1. The largest absolute Gasteiger partial charge is 0.371 e. The van der Waals surface area contributed by atoms with E-state index in [0.29, 0.717) is 6.10 Å². The summed E-state index contributed by atoms with van der Waals surface area (Å²) in [5, 5.41) is 0. The van der Waals surface area contributed by atoms with Gasteiger partial charge in [-0.1, -0.05) is 19.3 Å². The summed E-state index contributed by atoms with van der Waals surface area (Å²) in [6.07, 6.45) is 9.72. The van der Waals surface area contributed by atoms with Crippen molar-refractivity contribution in [3.8, 4) is 0 Å². The maximum absolute atomic E-state index is 6.13. The highest BCUT2D eigenvalue weighted by Gasteiger charge is 2.33. The molecule has 0 N–H and O–H groups in total. The third-order valence-corrected chi connectivity index (χ3v) is 4.62. The highest BCUT2D eigenvalue weighted by Crippen LogP contribution is 2.31. The first-order valence-electron chi connectivity index (χ1n) is 7.58. The van der Waals surface area contributed by atoms with E-state index in [9.17, 15) is 0 Å². The molecule has 1 saturated carbocycles. The zero-order valence-corrected chi connectivity index (χ0v) is 12.7. The van der Waals surface area contributed by atoms with Gasteiger partial charge in [-0.05, 0) is 39.5 Å². The summed E-state index contributed by atoms with van der Waals surface area (Å²) < 4.78 is 6.13. The minimum atomic E-state index is 0.0872. The number of nitrogens with zero attached hydrogens (tertiary/aromatic N) is 1. The van der Waals surface area contributed by atoms with E-state index in [1.807, 2.05) is 0 Å². The second kappa shape index (κ2) is 6.58. The molecule has 106 valence electrons. The zero-order chi connectivity index (χ0) is 13.0. The first kappa shape index (κ1) is 14.6. The molecule has 2 rings (SSSR count). The van der Waals surface area contributed by atoms with Gasteiger partial charge >= 0.3 is 0 Å². The Morgan fingerprint density at radius 2 is 1.89 bits per heavy atom. The molecule has 1 unspecified atom stereocenters. The van der Waals surface area contributed by atoms with E-state index >= 15 is 0 Å². The van der Waals surface area contributed by atoms with E-state index in [-0.39, 0.29) is 5.60 Å². The minimum Gasteiger partial charge on any atom is -0.371 e. The Balaban J connectivity index is 1.85. The van der Waals surface area contributed by atoms with Gasteiger partial charge in [0.25, 0.3) is 0 Å². The van der Waals surface area contributed by atoms with Crippen LogP contribution in [0, 0.1) is 0 Å². The van der Waals surface area contributed by atoms with Crippen molar-refractivity contribution in [2.24, 2.45) is 0 Å². The molecule has 0 aromatic heterocycles. The van der Waals surface area contributed by atoms with Crippen LogP contribution in [0.3, 0.4) is 0 Å². The summed E-state index contributed by atoms with van der Waals surface area (Å²) in [5.41, 5.74) is 0.0872. The quantitative estimate of drug-likeness (QED) is 0.706. The lowest BCUT2D eigenvalue weighted by Gasteiger charge is -2.35. The lowest BCUT2D eigenvalue weighted by atomic mass is 9.94. The fraction of sp³-hybridized carbons (Fsp3) is 1.00. The van der Waals surface area contributed by atoms with Gasteiger partial charge < -0.3 is 4.74 Å². The monoisotopic (exact) mass is 273 g/mol. The summed E-state index contributed by atoms with van der Waals surface area (Å²) in [7, 11) is 0. The van der Waals surface area contributed by atoms with Crippen LogP contribution in [0.5, 0.6) is 0 Å². The van der Waals surface area contributed by atoms with Crippen LogP contribution >= 0.6 is 11.6 Å². The van der Waals surface area contributed by atoms with Crippen LogP contribution in [0.1, 0.15) is 58.8 Å². The molecule has 0 aromatic rings. The summed E-state index contributed by atoms with van der Waals surface area (Å²) in [6.45, 7) is 6.52. The highest BCUT2D eigenvalue weighted by atomic mass is 35.5. The highest BCUT2D eigenvalue weighted by molar-refractivity contribution is 6.18. The lowest BCUT2D eigenvalue weighted by molar-refractivity contribution is -0.0349. The Morgan fingerprint density at radius 3 is 2.44 bits per heavy atom. The molecule has 2 nitrogen and oxygen atoms in total. The molecular formula is C15H28ClNO. The zero-order valence-electron chi connectivity index (χ0n) is 12.0. The van der Waals surface area contributed by atoms with Crippen LogP contribution in [0.4, 0.5) is 0 Å². The van der Waals surface area contributed by atoms with Crippen molar-refractivity contribution in [1.29, 1.82) is 0 Å². The normalized spacial score (nSPS) is 29.0. The number of alkyl halides is 1. The van der Waals surface area contributed by atoms with Crippen LogP contribution in [-0.4, -0.2) is 41.6 Å². The molecule has 0 radical (unpaired) electrons. The molecule has 1 heterocycles. The molecule has 1 saturated heterocycles. The Hall–Kier alpha value is 0.210. The Kier molecular flexibility index (Phi) is 5.35. The molecule has 18 heavy (non-hydrogen) atoms. The fourth-order valence-electron chi connectivity index (χ4n) is 3.45. The minimum absolute atomic E-state index is 0.0872. The first-order chi connectivity index (χ1) is 8.61. The fourth-order valence-corrected chi connectivity index (χ4v) is 3.66. The van der Waals surface area contributed by atoms with Gasteiger partial charge in [-0.25, -0.2) is 0 Å². The molecule has 0 aromatic carbocycles. The van der Waals surface area contributed by atoms with E-state index in [0.717, 1.165) is 25.0 Å². The molecular weight excluding hydrogens is 246 g/mol. The number of rotatable bonds is 5. The maximum atomic E-state index is 6.13. The van der Waals surface area contributed by atoms with Gasteiger partial charge in [0, 0.05) is 25.0 Å². The average molecular weight is 274 g/mol. The second-order valence-corrected chi connectivity index (χ2v) is 6.89. The van der Waals surface area contributed by atoms with E-state index in [1.54, 1.807) is 0 Å². The van der Waals surface area contributed by atoms with Crippen molar-refractivity contribution in [2.45, 2.75) is 76.5 Å². The van der Waals surface area contributed by atoms with E-state index in [1.165, 1.54) is 44.9 Å². The number of halogens is 1.